The van der Waals surface area contributed by atoms with Gasteiger partial charge in [0.05, 0.1) is 6.04 Å². The van der Waals surface area contributed by atoms with Gasteiger partial charge in [-0.25, -0.2) is 0 Å². The standard InChI is InChI=1S/C16H29N3S/c1-5-14(17)16(15-9-8-12(2)20-15)19-10-6-7-13(19)11-18(3)4/h8-9,13-14,16H,5-7,10-11,17H2,1-4H3. The fourth-order valence-corrected chi connectivity index (χ4v) is 4.37. The first-order valence-electron chi connectivity index (χ1n) is 7.75. The van der Waals surface area contributed by atoms with Gasteiger partial charge in [0.1, 0.15) is 0 Å². The molecule has 0 bridgehead atoms. The highest BCUT2D eigenvalue weighted by atomic mass is 32.1. The van der Waals surface area contributed by atoms with Gasteiger partial charge in [-0.1, -0.05) is 6.92 Å². The van der Waals surface area contributed by atoms with Crippen molar-refractivity contribution in [3.63, 3.8) is 0 Å². The molecule has 4 heteroatoms. The van der Waals surface area contributed by atoms with Crippen molar-refractivity contribution in [2.45, 2.75) is 51.2 Å². The molecule has 1 saturated heterocycles. The van der Waals surface area contributed by atoms with Gasteiger partial charge in [0.25, 0.3) is 0 Å². The number of likely N-dealkylation sites (N-methyl/N-ethyl adjacent to an activating group) is 1. The first-order valence-corrected chi connectivity index (χ1v) is 8.57. The largest absolute Gasteiger partial charge is 0.326 e. The highest BCUT2D eigenvalue weighted by Gasteiger charge is 2.35. The highest BCUT2D eigenvalue weighted by Crippen LogP contribution is 2.35. The third-order valence-corrected chi connectivity index (χ3v) is 5.36. The molecule has 2 heterocycles. The van der Waals surface area contributed by atoms with Crippen LogP contribution in [0.25, 0.3) is 0 Å². The SMILES string of the molecule is CCC(N)C(c1ccc(C)s1)N1CCCC1CN(C)C. The van der Waals surface area contributed by atoms with Crippen LogP contribution < -0.4 is 5.73 Å². The lowest BCUT2D eigenvalue weighted by Crippen LogP contribution is -2.46. The Morgan fingerprint density at radius 1 is 1.45 bits per heavy atom. The van der Waals surface area contributed by atoms with Crippen molar-refractivity contribution in [3.05, 3.63) is 21.9 Å². The summed E-state index contributed by atoms with van der Waals surface area (Å²) in [5.74, 6) is 0. The molecule has 1 aromatic rings. The second kappa shape index (κ2) is 7.03. The Labute approximate surface area is 127 Å². The molecule has 3 atom stereocenters. The van der Waals surface area contributed by atoms with E-state index in [1.807, 2.05) is 11.3 Å². The van der Waals surface area contributed by atoms with Gasteiger partial charge in [0.15, 0.2) is 0 Å². The van der Waals surface area contributed by atoms with E-state index in [2.05, 4.69) is 49.9 Å². The molecule has 1 aliphatic heterocycles. The van der Waals surface area contributed by atoms with Crippen molar-refractivity contribution in [2.75, 3.05) is 27.2 Å². The third-order valence-electron chi connectivity index (χ3n) is 4.29. The van der Waals surface area contributed by atoms with Crippen LogP contribution in [-0.4, -0.2) is 49.1 Å². The van der Waals surface area contributed by atoms with E-state index in [0.717, 1.165) is 13.0 Å². The van der Waals surface area contributed by atoms with Gasteiger partial charge in [-0.15, -0.1) is 11.3 Å². The van der Waals surface area contributed by atoms with Crippen LogP contribution >= 0.6 is 11.3 Å². The van der Waals surface area contributed by atoms with Crippen molar-refractivity contribution in [1.82, 2.24) is 9.80 Å². The van der Waals surface area contributed by atoms with Crippen molar-refractivity contribution < 1.29 is 0 Å². The zero-order valence-electron chi connectivity index (χ0n) is 13.3. The molecule has 3 unspecified atom stereocenters. The van der Waals surface area contributed by atoms with Crippen LogP contribution in [0.2, 0.25) is 0 Å². The number of hydrogen-bond donors (Lipinski definition) is 1. The van der Waals surface area contributed by atoms with Crippen LogP contribution in [0.3, 0.4) is 0 Å². The molecule has 0 radical (unpaired) electrons. The zero-order chi connectivity index (χ0) is 14.7. The number of hydrogen-bond acceptors (Lipinski definition) is 4. The quantitative estimate of drug-likeness (QED) is 0.876. The molecule has 20 heavy (non-hydrogen) atoms. The highest BCUT2D eigenvalue weighted by molar-refractivity contribution is 7.12. The zero-order valence-corrected chi connectivity index (χ0v) is 14.1. The summed E-state index contributed by atoms with van der Waals surface area (Å²) in [6.45, 7) is 6.71. The molecular formula is C16H29N3S. The number of aryl methyl sites for hydroxylation is 1. The topological polar surface area (TPSA) is 32.5 Å². The Kier molecular flexibility index (Phi) is 5.61. The van der Waals surface area contributed by atoms with Crippen molar-refractivity contribution >= 4 is 11.3 Å². The maximum atomic E-state index is 6.48. The van der Waals surface area contributed by atoms with E-state index < -0.39 is 0 Å². The lowest BCUT2D eigenvalue weighted by Gasteiger charge is -2.37. The minimum atomic E-state index is 0.232. The van der Waals surface area contributed by atoms with E-state index >= 15 is 0 Å². The molecular weight excluding hydrogens is 266 g/mol. The minimum absolute atomic E-state index is 0.232. The molecule has 0 aromatic carbocycles. The molecule has 3 nitrogen and oxygen atoms in total. The smallest absolute Gasteiger partial charge is 0.0596 e. The Balaban J connectivity index is 2.21. The monoisotopic (exact) mass is 295 g/mol. The first-order chi connectivity index (χ1) is 9.52. The van der Waals surface area contributed by atoms with Crippen molar-refractivity contribution in [1.29, 1.82) is 0 Å². The summed E-state index contributed by atoms with van der Waals surface area (Å²) in [6, 6.07) is 5.79. The molecule has 114 valence electrons. The second-order valence-corrected chi connectivity index (χ2v) is 7.58. The Hall–Kier alpha value is -0.420. The summed E-state index contributed by atoms with van der Waals surface area (Å²) < 4.78 is 0. The van der Waals surface area contributed by atoms with Gasteiger partial charge >= 0.3 is 0 Å². The van der Waals surface area contributed by atoms with Crippen LogP contribution in [0.1, 0.15) is 42.0 Å². The number of nitrogens with two attached hydrogens (primary N) is 1. The van der Waals surface area contributed by atoms with E-state index in [1.165, 1.54) is 29.1 Å². The molecule has 0 aliphatic carbocycles. The molecule has 0 amide bonds. The summed E-state index contributed by atoms with van der Waals surface area (Å²) in [4.78, 5) is 7.80. The predicted molar refractivity (Wildman–Crippen MR) is 88.3 cm³/mol. The second-order valence-electron chi connectivity index (χ2n) is 6.26. The fourth-order valence-electron chi connectivity index (χ4n) is 3.30. The molecule has 1 aliphatic rings. The summed E-state index contributed by atoms with van der Waals surface area (Å²) in [5.41, 5.74) is 6.48. The van der Waals surface area contributed by atoms with Gasteiger partial charge in [0.2, 0.25) is 0 Å². The summed E-state index contributed by atoms with van der Waals surface area (Å²) in [7, 11) is 4.33. The van der Waals surface area contributed by atoms with Gasteiger partial charge in [0, 0.05) is 28.4 Å². The van der Waals surface area contributed by atoms with E-state index in [9.17, 15) is 0 Å². The maximum absolute atomic E-state index is 6.48. The number of nitrogens with zero attached hydrogens (tertiary/aromatic N) is 2. The Morgan fingerprint density at radius 3 is 2.75 bits per heavy atom. The van der Waals surface area contributed by atoms with Crippen LogP contribution in [0, 0.1) is 6.92 Å². The molecule has 1 aromatic heterocycles. The minimum Gasteiger partial charge on any atom is -0.326 e. The average Bonchev–Trinajstić information content (AvgIpc) is 2.99. The maximum Gasteiger partial charge on any atom is 0.0596 e. The van der Waals surface area contributed by atoms with Crippen LogP contribution in [0.5, 0.6) is 0 Å². The third kappa shape index (κ3) is 3.61. The van der Waals surface area contributed by atoms with E-state index in [-0.39, 0.29) is 6.04 Å². The van der Waals surface area contributed by atoms with E-state index in [1.54, 1.807) is 0 Å². The van der Waals surface area contributed by atoms with Crippen LogP contribution in [0.15, 0.2) is 12.1 Å². The average molecular weight is 295 g/mol. The van der Waals surface area contributed by atoms with Gasteiger partial charge in [-0.3, -0.25) is 4.90 Å². The molecule has 0 saturated carbocycles. The normalized spacial score (nSPS) is 23.4. The van der Waals surface area contributed by atoms with E-state index in [4.69, 9.17) is 5.73 Å². The molecule has 0 spiro atoms. The fraction of sp³-hybridized carbons (Fsp3) is 0.750. The number of likely N-dealkylation sites (tertiary alicyclic amines) is 1. The van der Waals surface area contributed by atoms with Gasteiger partial charge < -0.3 is 10.6 Å². The Bertz CT molecular complexity index is 416. The molecule has 2 N–H and O–H groups in total. The van der Waals surface area contributed by atoms with Crippen molar-refractivity contribution in [2.24, 2.45) is 5.73 Å². The van der Waals surface area contributed by atoms with Gasteiger partial charge in [-0.05, 0) is 59.0 Å². The lowest BCUT2D eigenvalue weighted by molar-refractivity contribution is 0.134. The summed E-state index contributed by atoms with van der Waals surface area (Å²) in [6.07, 6.45) is 3.64. The first kappa shape index (κ1) is 16.0. The summed E-state index contributed by atoms with van der Waals surface area (Å²) in [5, 5.41) is 0. The van der Waals surface area contributed by atoms with Gasteiger partial charge in [-0.2, -0.15) is 0 Å². The van der Waals surface area contributed by atoms with Crippen molar-refractivity contribution in [3.8, 4) is 0 Å². The number of rotatable bonds is 6. The molecule has 1 fully saturated rings. The Morgan fingerprint density at radius 2 is 2.20 bits per heavy atom. The number of thiophene rings is 1. The van der Waals surface area contributed by atoms with E-state index in [0.29, 0.717) is 12.1 Å². The lowest BCUT2D eigenvalue weighted by atomic mass is 10.0. The van der Waals surface area contributed by atoms with Crippen LogP contribution in [0.4, 0.5) is 0 Å². The summed E-state index contributed by atoms with van der Waals surface area (Å²) >= 11 is 1.91. The predicted octanol–water partition coefficient (Wildman–Crippen LogP) is 2.86. The molecule has 2 rings (SSSR count). The van der Waals surface area contributed by atoms with Crippen LogP contribution in [-0.2, 0) is 0 Å².